The topological polar surface area (TPSA) is 46.2 Å². The number of hydrogen-bond acceptors (Lipinski definition) is 2. The largest absolute Gasteiger partial charge is 0.393 e. The lowest BCUT2D eigenvalue weighted by Crippen LogP contribution is -2.47. The number of benzene rings is 1. The molecule has 1 N–H and O–H groups in total. The van der Waals surface area contributed by atoms with Crippen molar-refractivity contribution in [3.05, 3.63) is 29.6 Å². The van der Waals surface area contributed by atoms with Crippen molar-refractivity contribution in [2.45, 2.75) is 49.7 Å². The monoisotopic (exact) mass is 339 g/mol. The van der Waals surface area contributed by atoms with E-state index in [-0.39, 0.29) is 23.3 Å². The molecule has 2 atom stereocenters. The first-order valence-electron chi connectivity index (χ1n) is 6.96. The summed E-state index contributed by atoms with van der Waals surface area (Å²) < 4.78 is 78.9. The molecule has 124 valence electrons. The lowest BCUT2D eigenvalue weighted by Gasteiger charge is -2.33. The third-order valence-electron chi connectivity index (χ3n) is 3.92. The molecule has 1 aromatic rings. The molecule has 1 aliphatic rings. The zero-order valence-corrected chi connectivity index (χ0v) is 12.8. The average molecular weight is 339 g/mol. The maximum Gasteiger partial charge on any atom is 0.393 e. The molecular weight excluding hydrogens is 322 g/mol. The summed E-state index contributed by atoms with van der Waals surface area (Å²) in [5.74, 6) is -2.28. The predicted octanol–water partition coefficient (Wildman–Crippen LogP) is 3.53. The van der Waals surface area contributed by atoms with Crippen molar-refractivity contribution < 1.29 is 26.0 Å². The molecule has 0 radical (unpaired) electrons. The number of halogens is 4. The molecule has 1 saturated carbocycles. The summed E-state index contributed by atoms with van der Waals surface area (Å²) >= 11 is 0. The summed E-state index contributed by atoms with van der Waals surface area (Å²) in [6, 6.07) is 1.90. The number of alkyl halides is 3. The second kappa shape index (κ2) is 6.16. The minimum absolute atomic E-state index is 0.0842. The number of nitrogens with one attached hydrogen (secondary N) is 1. The fourth-order valence-electron chi connectivity index (χ4n) is 2.84. The Labute approximate surface area is 126 Å². The van der Waals surface area contributed by atoms with E-state index in [9.17, 15) is 26.0 Å². The van der Waals surface area contributed by atoms with Gasteiger partial charge in [-0.25, -0.2) is 17.5 Å². The van der Waals surface area contributed by atoms with Crippen LogP contribution in [-0.4, -0.2) is 20.6 Å². The lowest BCUT2D eigenvalue weighted by atomic mass is 9.85. The molecule has 0 bridgehead atoms. The van der Waals surface area contributed by atoms with Crippen molar-refractivity contribution in [3.8, 4) is 0 Å². The Balaban J connectivity index is 2.27. The Morgan fingerprint density at radius 3 is 2.41 bits per heavy atom. The predicted molar refractivity (Wildman–Crippen MR) is 73.3 cm³/mol. The van der Waals surface area contributed by atoms with Gasteiger partial charge in [-0.2, -0.15) is 13.2 Å². The standard InChI is InChI=1S/C14H17F4NO2S/c1-9-8-10(15)6-7-13(9)22(20,21)19-12-5-3-2-4-11(12)14(16,17)18/h6-8,11-12,19H,2-5H2,1H3. The van der Waals surface area contributed by atoms with Crippen LogP contribution in [0.1, 0.15) is 31.2 Å². The molecule has 0 aliphatic heterocycles. The van der Waals surface area contributed by atoms with Crippen molar-refractivity contribution in [2.24, 2.45) is 5.92 Å². The summed E-state index contributed by atoms with van der Waals surface area (Å²) in [6.45, 7) is 1.40. The Morgan fingerprint density at radius 1 is 1.18 bits per heavy atom. The van der Waals surface area contributed by atoms with E-state index in [0.717, 1.165) is 18.2 Å². The highest BCUT2D eigenvalue weighted by atomic mass is 32.2. The molecule has 0 heterocycles. The first kappa shape index (κ1) is 17.2. The molecule has 1 aromatic carbocycles. The van der Waals surface area contributed by atoms with E-state index >= 15 is 0 Å². The number of hydrogen-bond donors (Lipinski definition) is 1. The summed E-state index contributed by atoms with van der Waals surface area (Å²) in [5.41, 5.74) is 0.159. The average Bonchev–Trinajstić information content (AvgIpc) is 2.36. The van der Waals surface area contributed by atoms with E-state index in [2.05, 4.69) is 4.72 Å². The van der Waals surface area contributed by atoms with Gasteiger partial charge in [0.05, 0.1) is 10.8 Å². The van der Waals surface area contributed by atoms with Crippen molar-refractivity contribution in [1.29, 1.82) is 0 Å². The van der Waals surface area contributed by atoms with Gasteiger partial charge >= 0.3 is 6.18 Å². The van der Waals surface area contributed by atoms with Gasteiger partial charge in [0.1, 0.15) is 5.82 Å². The van der Waals surface area contributed by atoms with Crippen LogP contribution in [-0.2, 0) is 10.0 Å². The van der Waals surface area contributed by atoms with E-state index in [1.807, 2.05) is 0 Å². The highest BCUT2D eigenvalue weighted by Gasteiger charge is 2.46. The van der Waals surface area contributed by atoms with E-state index in [1.54, 1.807) is 0 Å². The Bertz CT molecular complexity index is 643. The Hall–Kier alpha value is -1.15. The maximum atomic E-state index is 13.0. The van der Waals surface area contributed by atoms with Gasteiger partial charge in [0.25, 0.3) is 0 Å². The van der Waals surface area contributed by atoms with Gasteiger partial charge in [0, 0.05) is 6.04 Å². The third kappa shape index (κ3) is 3.78. The SMILES string of the molecule is Cc1cc(F)ccc1S(=O)(=O)NC1CCCCC1C(F)(F)F. The first-order chi connectivity index (χ1) is 10.1. The second-order valence-electron chi connectivity index (χ2n) is 5.57. The highest BCUT2D eigenvalue weighted by molar-refractivity contribution is 7.89. The van der Waals surface area contributed by atoms with Gasteiger partial charge < -0.3 is 0 Å². The zero-order valence-electron chi connectivity index (χ0n) is 12.0. The number of sulfonamides is 1. The van der Waals surface area contributed by atoms with Crippen LogP contribution < -0.4 is 4.72 Å². The van der Waals surface area contributed by atoms with E-state index in [1.165, 1.54) is 6.92 Å². The second-order valence-corrected chi connectivity index (χ2v) is 7.25. The van der Waals surface area contributed by atoms with Crippen molar-refractivity contribution >= 4 is 10.0 Å². The van der Waals surface area contributed by atoms with Gasteiger partial charge in [0.2, 0.25) is 10.0 Å². The molecule has 1 fully saturated rings. The van der Waals surface area contributed by atoms with Crippen LogP contribution in [0.25, 0.3) is 0 Å². The van der Waals surface area contributed by atoms with Crippen LogP contribution >= 0.6 is 0 Å². The molecule has 2 unspecified atom stereocenters. The maximum absolute atomic E-state index is 13.0. The molecule has 22 heavy (non-hydrogen) atoms. The summed E-state index contributed by atoms with van der Waals surface area (Å²) in [4.78, 5) is -0.194. The van der Waals surface area contributed by atoms with Crippen LogP contribution in [0.15, 0.2) is 23.1 Å². The van der Waals surface area contributed by atoms with Gasteiger partial charge in [-0.1, -0.05) is 12.8 Å². The van der Waals surface area contributed by atoms with E-state index < -0.39 is 34.0 Å². The van der Waals surface area contributed by atoms with Crippen LogP contribution in [0.3, 0.4) is 0 Å². The molecule has 0 spiro atoms. The normalized spacial score (nSPS) is 23.5. The summed E-state index contributed by atoms with van der Waals surface area (Å²) in [5, 5.41) is 0. The van der Waals surface area contributed by atoms with Crippen molar-refractivity contribution in [2.75, 3.05) is 0 Å². The first-order valence-corrected chi connectivity index (χ1v) is 8.45. The summed E-state index contributed by atoms with van der Waals surface area (Å²) in [6.07, 6.45) is -3.41. The molecule has 8 heteroatoms. The fraction of sp³-hybridized carbons (Fsp3) is 0.571. The summed E-state index contributed by atoms with van der Waals surface area (Å²) in [7, 11) is -4.12. The molecule has 1 aliphatic carbocycles. The van der Waals surface area contributed by atoms with E-state index in [4.69, 9.17) is 0 Å². The quantitative estimate of drug-likeness (QED) is 0.857. The molecule has 3 nitrogen and oxygen atoms in total. The van der Waals surface area contributed by atoms with Crippen LogP contribution in [0, 0.1) is 18.7 Å². The van der Waals surface area contributed by atoms with Gasteiger partial charge in [-0.15, -0.1) is 0 Å². The molecule has 0 aromatic heterocycles. The highest BCUT2D eigenvalue weighted by Crippen LogP contribution is 2.38. The van der Waals surface area contributed by atoms with Crippen LogP contribution in [0.4, 0.5) is 17.6 Å². The fourth-order valence-corrected chi connectivity index (χ4v) is 4.38. The van der Waals surface area contributed by atoms with Gasteiger partial charge in [-0.3, -0.25) is 0 Å². The zero-order chi connectivity index (χ0) is 16.5. The minimum Gasteiger partial charge on any atom is -0.207 e. The van der Waals surface area contributed by atoms with Gasteiger partial charge in [0.15, 0.2) is 0 Å². The molecule has 0 amide bonds. The lowest BCUT2D eigenvalue weighted by molar-refractivity contribution is -0.187. The van der Waals surface area contributed by atoms with E-state index in [0.29, 0.717) is 12.8 Å². The van der Waals surface area contributed by atoms with Crippen molar-refractivity contribution in [1.82, 2.24) is 4.72 Å². The third-order valence-corrected chi connectivity index (χ3v) is 5.57. The molecule has 0 saturated heterocycles. The molecule has 2 rings (SSSR count). The van der Waals surface area contributed by atoms with Crippen molar-refractivity contribution in [3.63, 3.8) is 0 Å². The Kier molecular flexibility index (Phi) is 4.81. The number of aryl methyl sites for hydroxylation is 1. The smallest absolute Gasteiger partial charge is 0.207 e. The molecular formula is C14H17F4NO2S. The number of rotatable bonds is 3. The minimum atomic E-state index is -4.44. The van der Waals surface area contributed by atoms with Crippen LogP contribution in [0.5, 0.6) is 0 Å². The van der Waals surface area contributed by atoms with Gasteiger partial charge in [-0.05, 0) is 43.5 Å². The van der Waals surface area contributed by atoms with Crippen LogP contribution in [0.2, 0.25) is 0 Å². The Morgan fingerprint density at radius 2 is 1.82 bits per heavy atom.